The highest BCUT2D eigenvalue weighted by Crippen LogP contribution is 2.35. The van der Waals surface area contributed by atoms with Crippen LogP contribution in [0, 0.1) is 0 Å². The summed E-state index contributed by atoms with van der Waals surface area (Å²) in [4.78, 5) is 12.6. The maximum atomic E-state index is 12.6. The minimum absolute atomic E-state index is 0.346. The van der Waals surface area contributed by atoms with E-state index in [1.165, 1.54) is 10.8 Å². The maximum absolute atomic E-state index is 12.6. The molecule has 0 atom stereocenters. The zero-order valence-electron chi connectivity index (χ0n) is 14.6. The van der Waals surface area contributed by atoms with Crippen LogP contribution in [-0.2, 0) is 0 Å². The van der Waals surface area contributed by atoms with Crippen molar-refractivity contribution in [2.75, 3.05) is 0 Å². The molecule has 0 aliphatic rings. The van der Waals surface area contributed by atoms with E-state index < -0.39 is 0 Å². The molecule has 5 rings (SSSR count). The zero-order valence-corrected chi connectivity index (χ0v) is 14.6. The van der Waals surface area contributed by atoms with E-state index >= 15 is 0 Å². The van der Waals surface area contributed by atoms with Crippen LogP contribution in [0.5, 0.6) is 5.75 Å². The fourth-order valence-electron chi connectivity index (χ4n) is 3.59. The summed E-state index contributed by atoms with van der Waals surface area (Å²) in [5.74, 6) is 0.239. The fourth-order valence-corrected chi connectivity index (χ4v) is 3.59. The number of esters is 1. The molecule has 0 bridgehead atoms. The molecule has 0 unspecified atom stereocenters. The lowest BCUT2D eigenvalue weighted by Gasteiger charge is -2.11. The van der Waals surface area contributed by atoms with Gasteiger partial charge in [0, 0.05) is 5.39 Å². The van der Waals surface area contributed by atoms with Crippen LogP contribution >= 0.6 is 0 Å². The molecule has 27 heavy (non-hydrogen) atoms. The first kappa shape index (κ1) is 15.6. The van der Waals surface area contributed by atoms with Gasteiger partial charge in [-0.2, -0.15) is 0 Å². The highest BCUT2D eigenvalue weighted by atomic mass is 16.5. The molecule has 128 valence electrons. The van der Waals surface area contributed by atoms with Gasteiger partial charge in [-0.1, -0.05) is 66.7 Å². The fraction of sp³-hybridized carbons (Fsp3) is 0. The topological polar surface area (TPSA) is 26.3 Å². The second-order valence-electron chi connectivity index (χ2n) is 6.60. The predicted molar refractivity (Wildman–Crippen MR) is 110 cm³/mol. The SMILES string of the molecule is O=C(Oc1cccc2ccc3cc4ccccc4cc3c12)c1ccccc1. The lowest BCUT2D eigenvalue weighted by Crippen LogP contribution is -2.08. The molecule has 0 spiro atoms. The molecular formula is C25H16O2. The quantitative estimate of drug-likeness (QED) is 0.160. The summed E-state index contributed by atoms with van der Waals surface area (Å²) in [6.07, 6.45) is 0. The molecule has 0 fully saturated rings. The van der Waals surface area contributed by atoms with Gasteiger partial charge in [-0.3, -0.25) is 0 Å². The molecule has 2 nitrogen and oxygen atoms in total. The van der Waals surface area contributed by atoms with Crippen LogP contribution in [0.2, 0.25) is 0 Å². The van der Waals surface area contributed by atoms with Crippen molar-refractivity contribution in [3.05, 3.63) is 103 Å². The third-order valence-electron chi connectivity index (χ3n) is 4.90. The summed E-state index contributed by atoms with van der Waals surface area (Å²) < 4.78 is 5.79. The first-order valence-electron chi connectivity index (χ1n) is 8.91. The van der Waals surface area contributed by atoms with E-state index in [2.05, 4.69) is 36.4 Å². The molecule has 0 aliphatic heterocycles. The molecule has 0 heterocycles. The Kier molecular flexibility index (Phi) is 3.61. The average molecular weight is 348 g/mol. The molecule has 0 N–H and O–H groups in total. The Hall–Kier alpha value is -3.65. The van der Waals surface area contributed by atoms with Gasteiger partial charge in [0.25, 0.3) is 0 Å². The van der Waals surface area contributed by atoms with Gasteiger partial charge in [-0.25, -0.2) is 4.79 Å². The van der Waals surface area contributed by atoms with Crippen LogP contribution < -0.4 is 4.74 Å². The Balaban J connectivity index is 1.73. The summed E-state index contributed by atoms with van der Waals surface area (Å²) in [5.41, 5.74) is 0.542. The van der Waals surface area contributed by atoms with E-state index in [0.29, 0.717) is 11.3 Å². The van der Waals surface area contributed by atoms with Crippen LogP contribution in [-0.4, -0.2) is 5.97 Å². The summed E-state index contributed by atoms with van der Waals surface area (Å²) in [6, 6.07) is 31.7. The Morgan fingerprint density at radius 1 is 0.593 bits per heavy atom. The number of ether oxygens (including phenoxy) is 1. The number of hydrogen-bond acceptors (Lipinski definition) is 2. The van der Waals surface area contributed by atoms with Crippen LogP contribution in [0.3, 0.4) is 0 Å². The predicted octanol–water partition coefficient (Wildman–Crippen LogP) is 6.37. The lowest BCUT2D eigenvalue weighted by molar-refractivity contribution is 0.0737. The molecule has 0 aromatic heterocycles. The monoisotopic (exact) mass is 348 g/mol. The van der Waals surface area contributed by atoms with Gasteiger partial charge in [-0.15, -0.1) is 0 Å². The van der Waals surface area contributed by atoms with Gasteiger partial charge in [0.2, 0.25) is 0 Å². The minimum atomic E-state index is -0.346. The van der Waals surface area contributed by atoms with Crippen molar-refractivity contribution in [1.29, 1.82) is 0 Å². The smallest absolute Gasteiger partial charge is 0.343 e. The summed E-state index contributed by atoms with van der Waals surface area (Å²) >= 11 is 0. The van der Waals surface area contributed by atoms with Gasteiger partial charge in [0.15, 0.2) is 0 Å². The van der Waals surface area contributed by atoms with E-state index in [1.807, 2.05) is 48.5 Å². The second-order valence-corrected chi connectivity index (χ2v) is 6.60. The number of fused-ring (bicyclic) bond motifs is 4. The van der Waals surface area contributed by atoms with Crippen molar-refractivity contribution in [2.45, 2.75) is 0 Å². The minimum Gasteiger partial charge on any atom is -0.422 e. The van der Waals surface area contributed by atoms with Crippen molar-refractivity contribution in [3.8, 4) is 5.75 Å². The van der Waals surface area contributed by atoms with Gasteiger partial charge in [-0.05, 0) is 57.3 Å². The third kappa shape index (κ3) is 2.72. The Labute approximate surface area is 156 Å². The van der Waals surface area contributed by atoms with Crippen molar-refractivity contribution in [1.82, 2.24) is 0 Å². The molecule has 0 radical (unpaired) electrons. The van der Waals surface area contributed by atoms with Crippen molar-refractivity contribution >= 4 is 38.3 Å². The average Bonchev–Trinajstić information content (AvgIpc) is 2.73. The van der Waals surface area contributed by atoms with Crippen molar-refractivity contribution in [2.24, 2.45) is 0 Å². The molecule has 5 aromatic carbocycles. The maximum Gasteiger partial charge on any atom is 0.343 e. The molecule has 5 aromatic rings. The molecular weight excluding hydrogens is 332 g/mol. The molecule has 0 saturated carbocycles. The Morgan fingerprint density at radius 2 is 1.26 bits per heavy atom. The van der Waals surface area contributed by atoms with Crippen LogP contribution in [0.25, 0.3) is 32.3 Å². The van der Waals surface area contributed by atoms with E-state index in [0.717, 1.165) is 21.5 Å². The first-order valence-corrected chi connectivity index (χ1v) is 8.91. The second kappa shape index (κ2) is 6.26. The lowest BCUT2D eigenvalue weighted by atomic mass is 9.98. The van der Waals surface area contributed by atoms with Crippen LogP contribution in [0.4, 0.5) is 0 Å². The highest BCUT2D eigenvalue weighted by Gasteiger charge is 2.13. The largest absolute Gasteiger partial charge is 0.422 e. The molecule has 0 saturated heterocycles. The number of rotatable bonds is 2. The van der Waals surface area contributed by atoms with E-state index in [9.17, 15) is 4.79 Å². The van der Waals surface area contributed by atoms with Crippen molar-refractivity contribution < 1.29 is 9.53 Å². The van der Waals surface area contributed by atoms with E-state index in [4.69, 9.17) is 4.74 Å². The van der Waals surface area contributed by atoms with Crippen molar-refractivity contribution in [3.63, 3.8) is 0 Å². The van der Waals surface area contributed by atoms with Crippen LogP contribution in [0.15, 0.2) is 97.1 Å². The first-order chi connectivity index (χ1) is 13.3. The Bertz CT molecular complexity index is 1300. The highest BCUT2D eigenvalue weighted by molar-refractivity contribution is 6.15. The zero-order chi connectivity index (χ0) is 18.2. The Morgan fingerprint density at radius 3 is 2.07 bits per heavy atom. The number of carbonyl (C=O) groups is 1. The normalized spacial score (nSPS) is 11.1. The molecule has 2 heteroatoms. The van der Waals surface area contributed by atoms with E-state index in [-0.39, 0.29) is 5.97 Å². The summed E-state index contributed by atoms with van der Waals surface area (Å²) in [5, 5.41) is 6.60. The van der Waals surface area contributed by atoms with Gasteiger partial charge in [0.1, 0.15) is 5.75 Å². The van der Waals surface area contributed by atoms with Crippen LogP contribution in [0.1, 0.15) is 10.4 Å². The molecule has 0 aliphatic carbocycles. The standard InChI is InChI=1S/C25H16O2/c26-25(18-7-2-1-3-8-18)27-23-12-6-11-17-13-14-21-15-19-9-4-5-10-20(19)16-22(21)24(17)23/h1-16H. The molecule has 0 amide bonds. The van der Waals surface area contributed by atoms with Gasteiger partial charge in [0.05, 0.1) is 5.56 Å². The number of carbonyl (C=O) groups excluding carboxylic acids is 1. The van der Waals surface area contributed by atoms with E-state index in [1.54, 1.807) is 12.1 Å². The van der Waals surface area contributed by atoms with Gasteiger partial charge >= 0.3 is 5.97 Å². The van der Waals surface area contributed by atoms with Gasteiger partial charge < -0.3 is 4.74 Å². The summed E-state index contributed by atoms with van der Waals surface area (Å²) in [7, 11) is 0. The summed E-state index contributed by atoms with van der Waals surface area (Å²) in [6.45, 7) is 0. The number of benzene rings is 5. The third-order valence-corrected chi connectivity index (χ3v) is 4.90. The number of hydrogen-bond donors (Lipinski definition) is 0.